The lowest BCUT2D eigenvalue weighted by Crippen LogP contribution is -2.12. The van der Waals surface area contributed by atoms with Gasteiger partial charge in [-0.15, -0.1) is 0 Å². The van der Waals surface area contributed by atoms with Crippen LogP contribution in [-0.2, 0) is 11.2 Å². The summed E-state index contributed by atoms with van der Waals surface area (Å²) in [7, 11) is 0. The minimum Gasteiger partial charge on any atom is -0.300 e. The quantitative estimate of drug-likeness (QED) is 0.426. The first-order valence-corrected chi connectivity index (χ1v) is 9.73. The van der Waals surface area contributed by atoms with E-state index in [4.69, 9.17) is 0 Å². The smallest absolute Gasteiger partial charge is 0.300 e. The van der Waals surface area contributed by atoms with Gasteiger partial charge in [0.1, 0.15) is 11.4 Å². The maximum atomic E-state index is 12.3. The Morgan fingerprint density at radius 2 is 1.90 bits per heavy atom. The summed E-state index contributed by atoms with van der Waals surface area (Å²) in [6.07, 6.45) is -0.647. The Balaban J connectivity index is 1.58. The lowest BCUT2D eigenvalue weighted by molar-refractivity contribution is -0.143. The van der Waals surface area contributed by atoms with Crippen LogP contribution in [0.4, 0.5) is 13.2 Å². The Bertz CT molecular complexity index is 1250. The number of hydrogen-bond acceptors (Lipinski definition) is 4. The van der Waals surface area contributed by atoms with E-state index in [1.165, 1.54) is 0 Å². The minimum absolute atomic E-state index is 0.0322. The Kier molecular flexibility index (Phi) is 5.54. The van der Waals surface area contributed by atoms with Crippen LogP contribution in [0, 0.1) is 6.92 Å². The number of nitrogens with zero attached hydrogens (tertiary/aromatic N) is 4. The number of aromatic nitrogens is 4. The molecule has 4 aromatic rings. The summed E-state index contributed by atoms with van der Waals surface area (Å²) in [5, 5.41) is 0. The number of imidazole rings is 1. The molecule has 8 heteroatoms. The molecule has 0 bridgehead atoms. The lowest BCUT2D eigenvalue weighted by Gasteiger charge is -2.08. The zero-order valence-electron chi connectivity index (χ0n) is 16.7. The normalized spacial score (nSPS) is 11.7. The number of hydrogen-bond donors (Lipinski definition) is 0. The van der Waals surface area contributed by atoms with Crippen molar-refractivity contribution in [3.8, 4) is 22.6 Å². The number of fused-ring (bicyclic) bond motifs is 1. The summed E-state index contributed by atoms with van der Waals surface area (Å²) < 4.78 is 38.9. The molecule has 31 heavy (non-hydrogen) atoms. The zero-order valence-corrected chi connectivity index (χ0v) is 16.7. The van der Waals surface area contributed by atoms with Gasteiger partial charge in [0.25, 0.3) is 0 Å². The van der Waals surface area contributed by atoms with E-state index in [1.54, 1.807) is 24.5 Å². The molecule has 0 atom stereocenters. The fourth-order valence-electron chi connectivity index (χ4n) is 3.36. The van der Waals surface area contributed by atoms with Crippen LogP contribution in [0.5, 0.6) is 0 Å². The molecule has 0 N–H and O–H groups in total. The molecule has 4 rings (SSSR count). The Morgan fingerprint density at radius 1 is 1.06 bits per heavy atom. The number of rotatable bonds is 6. The zero-order chi connectivity index (χ0) is 22.0. The predicted molar refractivity (Wildman–Crippen MR) is 110 cm³/mol. The summed E-state index contributed by atoms with van der Waals surface area (Å²) in [6.45, 7) is 1.90. The van der Waals surface area contributed by atoms with Crippen molar-refractivity contribution in [3.63, 3.8) is 0 Å². The van der Waals surface area contributed by atoms with E-state index in [2.05, 4.69) is 15.0 Å². The van der Waals surface area contributed by atoms with Gasteiger partial charge >= 0.3 is 6.18 Å². The van der Waals surface area contributed by atoms with Crippen LogP contribution in [-0.4, -0.2) is 31.3 Å². The van der Waals surface area contributed by atoms with Crippen molar-refractivity contribution in [2.75, 3.05) is 0 Å². The number of Topliss-reactive ketones (excluding diaryl/α,β-unsaturated/α-hetero) is 1. The summed E-state index contributed by atoms with van der Waals surface area (Å²) in [5.41, 5.74) is 4.74. The molecule has 0 saturated heterocycles. The van der Waals surface area contributed by atoms with Gasteiger partial charge in [-0.2, -0.15) is 13.2 Å². The molecule has 5 nitrogen and oxygen atoms in total. The number of carbonyl (C=O) groups excluding carboxylic acids is 1. The van der Waals surface area contributed by atoms with Crippen LogP contribution in [0.15, 0.2) is 61.1 Å². The topological polar surface area (TPSA) is 60.2 Å². The minimum atomic E-state index is -4.32. The van der Waals surface area contributed by atoms with E-state index in [0.717, 1.165) is 22.5 Å². The Morgan fingerprint density at radius 3 is 2.68 bits per heavy atom. The molecular weight excluding hydrogens is 405 g/mol. The first-order chi connectivity index (χ1) is 14.8. The van der Waals surface area contributed by atoms with Crippen molar-refractivity contribution in [2.24, 2.45) is 0 Å². The molecule has 3 heterocycles. The van der Waals surface area contributed by atoms with Crippen molar-refractivity contribution < 1.29 is 18.0 Å². The summed E-state index contributed by atoms with van der Waals surface area (Å²) >= 11 is 0. The lowest BCUT2D eigenvalue weighted by atomic mass is 10.0. The second kappa shape index (κ2) is 8.29. The highest BCUT2D eigenvalue weighted by Crippen LogP contribution is 2.26. The van der Waals surface area contributed by atoms with Crippen molar-refractivity contribution in [1.82, 2.24) is 19.4 Å². The van der Waals surface area contributed by atoms with Crippen LogP contribution in [0.3, 0.4) is 0 Å². The van der Waals surface area contributed by atoms with Crippen molar-refractivity contribution in [1.29, 1.82) is 0 Å². The summed E-state index contributed by atoms with van der Waals surface area (Å²) in [6, 6.07) is 12.8. The van der Waals surface area contributed by atoms with Crippen LogP contribution < -0.4 is 0 Å². The van der Waals surface area contributed by atoms with Crippen LogP contribution in [0.2, 0.25) is 0 Å². The molecule has 3 aromatic heterocycles. The third-order valence-corrected chi connectivity index (χ3v) is 4.88. The van der Waals surface area contributed by atoms with Gasteiger partial charge in [-0.05, 0) is 36.8 Å². The highest BCUT2D eigenvalue weighted by Gasteiger charge is 2.27. The average molecular weight is 424 g/mol. The molecule has 0 aliphatic rings. The van der Waals surface area contributed by atoms with E-state index in [-0.39, 0.29) is 6.42 Å². The first kappa shape index (κ1) is 20.7. The Hall–Kier alpha value is -3.55. The van der Waals surface area contributed by atoms with Gasteiger partial charge in [0.05, 0.1) is 18.3 Å². The Labute approximate surface area is 176 Å². The standard InChI is InChI=1S/C23H19F3N4O/c1-15-6-9-27-22(29-15)18-7-10-30-20(14-28-21(30)13-18)17-4-2-3-16(11-17)12-19(31)5-8-23(24,25)26/h2-4,6-7,9-11,13-14H,5,8,12H2,1H3. The first-order valence-electron chi connectivity index (χ1n) is 9.73. The van der Waals surface area contributed by atoms with Crippen molar-refractivity contribution in [2.45, 2.75) is 32.4 Å². The SMILES string of the molecule is Cc1ccnc(-c2ccn3c(-c4cccc(CC(=O)CCC(F)(F)F)c4)cnc3c2)n1. The fraction of sp³-hybridized carbons (Fsp3) is 0.217. The summed E-state index contributed by atoms with van der Waals surface area (Å²) in [4.78, 5) is 25.1. The van der Waals surface area contributed by atoms with Crippen molar-refractivity contribution in [3.05, 3.63) is 72.3 Å². The molecule has 0 amide bonds. The van der Waals surface area contributed by atoms with E-state index >= 15 is 0 Å². The fourth-order valence-corrected chi connectivity index (χ4v) is 3.36. The van der Waals surface area contributed by atoms with Gasteiger partial charge in [0.15, 0.2) is 5.82 Å². The number of alkyl halides is 3. The van der Waals surface area contributed by atoms with E-state index < -0.39 is 24.8 Å². The number of carbonyl (C=O) groups is 1. The number of aryl methyl sites for hydroxylation is 1. The molecule has 0 aliphatic carbocycles. The van der Waals surface area contributed by atoms with E-state index in [1.807, 2.05) is 47.9 Å². The summed E-state index contributed by atoms with van der Waals surface area (Å²) in [5.74, 6) is 0.182. The number of benzene rings is 1. The average Bonchev–Trinajstić information content (AvgIpc) is 3.15. The monoisotopic (exact) mass is 424 g/mol. The van der Waals surface area contributed by atoms with E-state index in [9.17, 15) is 18.0 Å². The van der Waals surface area contributed by atoms with Gasteiger partial charge in [0.2, 0.25) is 0 Å². The highest BCUT2D eigenvalue weighted by molar-refractivity contribution is 5.81. The maximum absolute atomic E-state index is 12.3. The van der Waals surface area contributed by atoms with Crippen LogP contribution >= 0.6 is 0 Å². The van der Waals surface area contributed by atoms with Crippen molar-refractivity contribution >= 4 is 11.4 Å². The second-order valence-corrected chi connectivity index (χ2v) is 7.34. The molecule has 0 radical (unpaired) electrons. The molecule has 1 aromatic carbocycles. The van der Waals surface area contributed by atoms with Crippen LogP contribution in [0.25, 0.3) is 28.3 Å². The molecule has 0 fully saturated rings. The van der Waals surface area contributed by atoms with Gasteiger partial charge in [0, 0.05) is 42.1 Å². The number of ketones is 1. The van der Waals surface area contributed by atoms with Crippen LogP contribution in [0.1, 0.15) is 24.1 Å². The third-order valence-electron chi connectivity index (χ3n) is 4.88. The number of halogens is 3. The van der Waals surface area contributed by atoms with Gasteiger partial charge in [-0.3, -0.25) is 9.20 Å². The molecule has 0 aliphatic heterocycles. The van der Waals surface area contributed by atoms with Gasteiger partial charge < -0.3 is 0 Å². The highest BCUT2D eigenvalue weighted by atomic mass is 19.4. The van der Waals surface area contributed by atoms with E-state index in [0.29, 0.717) is 17.0 Å². The molecule has 0 saturated carbocycles. The number of pyridine rings is 1. The van der Waals surface area contributed by atoms with Gasteiger partial charge in [-0.25, -0.2) is 15.0 Å². The molecule has 0 spiro atoms. The predicted octanol–water partition coefficient (Wildman–Crippen LogP) is 5.22. The molecular formula is C23H19F3N4O. The maximum Gasteiger partial charge on any atom is 0.389 e. The molecule has 158 valence electrons. The largest absolute Gasteiger partial charge is 0.389 e. The third kappa shape index (κ3) is 4.96. The van der Waals surface area contributed by atoms with Gasteiger partial charge in [-0.1, -0.05) is 18.2 Å². The second-order valence-electron chi connectivity index (χ2n) is 7.34. The molecule has 0 unspecified atom stereocenters.